The SMILES string of the molecule is CCC1OC(=O)c2ccccc2S1=O. The molecule has 0 spiro atoms. The van der Waals surface area contributed by atoms with Gasteiger partial charge in [0.2, 0.25) is 0 Å². The highest BCUT2D eigenvalue weighted by atomic mass is 32.2. The lowest BCUT2D eigenvalue weighted by molar-refractivity contribution is 0.0426. The predicted octanol–water partition coefficient (Wildman–Crippen LogP) is 1.70. The first-order valence-electron chi connectivity index (χ1n) is 4.44. The molecule has 0 amide bonds. The molecule has 2 rings (SSSR count). The summed E-state index contributed by atoms with van der Waals surface area (Å²) in [5.41, 5.74) is -0.0621. The number of esters is 1. The fourth-order valence-corrected chi connectivity index (χ4v) is 2.76. The Bertz CT molecular complexity index is 400. The summed E-state index contributed by atoms with van der Waals surface area (Å²) in [4.78, 5) is 12.0. The van der Waals surface area contributed by atoms with Crippen molar-refractivity contribution in [2.24, 2.45) is 0 Å². The van der Waals surface area contributed by atoms with Crippen LogP contribution in [0.25, 0.3) is 0 Å². The highest BCUT2D eigenvalue weighted by molar-refractivity contribution is 7.85. The van der Waals surface area contributed by atoms with Gasteiger partial charge >= 0.3 is 5.97 Å². The Morgan fingerprint density at radius 2 is 2.14 bits per heavy atom. The Labute approximate surface area is 84.5 Å². The van der Waals surface area contributed by atoms with Crippen molar-refractivity contribution < 1.29 is 13.7 Å². The quantitative estimate of drug-likeness (QED) is 0.663. The summed E-state index contributed by atoms with van der Waals surface area (Å²) >= 11 is 0. The molecule has 1 aliphatic heterocycles. The molecule has 0 fully saturated rings. The largest absolute Gasteiger partial charge is 0.445 e. The number of ether oxygens (including phenoxy) is 1. The van der Waals surface area contributed by atoms with Crippen molar-refractivity contribution >= 4 is 16.8 Å². The zero-order valence-corrected chi connectivity index (χ0v) is 8.54. The van der Waals surface area contributed by atoms with E-state index in [1.54, 1.807) is 24.3 Å². The Kier molecular flexibility index (Phi) is 2.37. The van der Waals surface area contributed by atoms with Gasteiger partial charge in [0.05, 0.1) is 21.3 Å². The molecule has 0 radical (unpaired) electrons. The van der Waals surface area contributed by atoms with Crippen LogP contribution < -0.4 is 0 Å². The zero-order chi connectivity index (χ0) is 10.1. The van der Waals surface area contributed by atoms with Gasteiger partial charge < -0.3 is 4.74 Å². The van der Waals surface area contributed by atoms with Gasteiger partial charge in [-0.3, -0.25) is 4.21 Å². The van der Waals surface area contributed by atoms with E-state index in [2.05, 4.69) is 0 Å². The number of hydrogen-bond acceptors (Lipinski definition) is 3. The summed E-state index contributed by atoms with van der Waals surface area (Å²) in [7, 11) is -1.22. The maximum atomic E-state index is 11.8. The van der Waals surface area contributed by atoms with Crippen molar-refractivity contribution in [3.8, 4) is 0 Å². The molecule has 1 aromatic rings. The first-order valence-corrected chi connectivity index (χ1v) is 5.66. The number of fused-ring (bicyclic) bond motifs is 1. The van der Waals surface area contributed by atoms with Gasteiger partial charge in [0.25, 0.3) is 0 Å². The van der Waals surface area contributed by atoms with Gasteiger partial charge in [-0.1, -0.05) is 19.1 Å². The summed E-state index contributed by atoms with van der Waals surface area (Å²) in [6.45, 7) is 1.85. The number of rotatable bonds is 1. The van der Waals surface area contributed by atoms with E-state index in [0.29, 0.717) is 16.9 Å². The molecule has 0 N–H and O–H groups in total. The van der Waals surface area contributed by atoms with Gasteiger partial charge in [-0.2, -0.15) is 0 Å². The highest BCUT2D eigenvalue weighted by Crippen LogP contribution is 2.25. The van der Waals surface area contributed by atoms with Crippen molar-refractivity contribution in [1.82, 2.24) is 0 Å². The molecule has 0 saturated heterocycles. The standard InChI is InChI=1S/C10H10O3S/c1-2-9-13-10(11)7-5-3-4-6-8(7)14(9)12/h3-6,9H,2H2,1H3. The molecule has 1 aliphatic rings. The van der Waals surface area contributed by atoms with E-state index in [1.807, 2.05) is 6.92 Å². The van der Waals surface area contributed by atoms with E-state index < -0.39 is 16.2 Å². The Balaban J connectivity index is 2.51. The van der Waals surface area contributed by atoms with Gasteiger partial charge in [0, 0.05) is 0 Å². The van der Waals surface area contributed by atoms with E-state index >= 15 is 0 Å². The van der Waals surface area contributed by atoms with Crippen LogP contribution in [0.1, 0.15) is 23.7 Å². The smallest absolute Gasteiger partial charge is 0.340 e. The van der Waals surface area contributed by atoms with Crippen LogP contribution in [0.2, 0.25) is 0 Å². The molecule has 0 saturated carbocycles. The van der Waals surface area contributed by atoms with Gasteiger partial charge in [0.15, 0.2) is 5.44 Å². The summed E-state index contributed by atoms with van der Waals surface area (Å²) < 4.78 is 16.9. The van der Waals surface area contributed by atoms with E-state index in [-0.39, 0.29) is 5.97 Å². The second-order valence-corrected chi connectivity index (χ2v) is 4.60. The summed E-state index contributed by atoms with van der Waals surface area (Å²) in [6.07, 6.45) is 0.576. The molecular formula is C10H10O3S. The Morgan fingerprint density at radius 3 is 2.86 bits per heavy atom. The van der Waals surface area contributed by atoms with E-state index in [4.69, 9.17) is 4.74 Å². The van der Waals surface area contributed by atoms with Gasteiger partial charge in [0.1, 0.15) is 0 Å². The monoisotopic (exact) mass is 210 g/mol. The van der Waals surface area contributed by atoms with Gasteiger partial charge in [-0.25, -0.2) is 4.79 Å². The fraction of sp³-hybridized carbons (Fsp3) is 0.300. The molecule has 3 nitrogen and oxygen atoms in total. The van der Waals surface area contributed by atoms with Crippen LogP contribution in [0.5, 0.6) is 0 Å². The van der Waals surface area contributed by atoms with Crippen molar-refractivity contribution in [3.05, 3.63) is 29.8 Å². The van der Waals surface area contributed by atoms with Crippen LogP contribution in [0.3, 0.4) is 0 Å². The van der Waals surface area contributed by atoms with Crippen molar-refractivity contribution in [2.75, 3.05) is 0 Å². The topological polar surface area (TPSA) is 43.4 Å². The number of benzene rings is 1. The minimum absolute atomic E-state index is 0.368. The first kappa shape index (κ1) is 9.40. The zero-order valence-electron chi connectivity index (χ0n) is 7.73. The third-order valence-corrected chi connectivity index (χ3v) is 3.83. The number of carbonyl (C=O) groups excluding carboxylic acids is 1. The summed E-state index contributed by atoms with van der Waals surface area (Å²) in [6, 6.07) is 6.88. The predicted molar refractivity (Wildman–Crippen MR) is 52.3 cm³/mol. The van der Waals surface area contributed by atoms with Crippen LogP contribution in [0, 0.1) is 0 Å². The lowest BCUT2D eigenvalue weighted by atomic mass is 10.2. The van der Waals surface area contributed by atoms with E-state index in [1.165, 1.54) is 0 Å². The molecule has 2 atom stereocenters. The Hall–Kier alpha value is -1.16. The third-order valence-electron chi connectivity index (χ3n) is 2.13. The van der Waals surface area contributed by atoms with Crippen LogP contribution in [0.15, 0.2) is 29.2 Å². The molecule has 1 aromatic carbocycles. The molecule has 0 bridgehead atoms. The Morgan fingerprint density at radius 1 is 1.43 bits per heavy atom. The maximum absolute atomic E-state index is 11.8. The molecule has 0 aromatic heterocycles. The van der Waals surface area contributed by atoms with Gasteiger partial charge in [-0.05, 0) is 18.6 Å². The number of carbonyl (C=O) groups is 1. The second kappa shape index (κ2) is 3.53. The molecule has 74 valence electrons. The molecule has 2 unspecified atom stereocenters. The molecule has 1 heterocycles. The minimum Gasteiger partial charge on any atom is -0.445 e. The first-order chi connectivity index (χ1) is 6.74. The van der Waals surface area contributed by atoms with Crippen molar-refractivity contribution in [3.63, 3.8) is 0 Å². The molecule has 4 heteroatoms. The average Bonchev–Trinajstić information content (AvgIpc) is 2.23. The fourth-order valence-electron chi connectivity index (χ4n) is 1.41. The van der Waals surface area contributed by atoms with E-state index in [9.17, 15) is 9.00 Å². The highest BCUT2D eigenvalue weighted by Gasteiger charge is 2.31. The van der Waals surface area contributed by atoms with Crippen molar-refractivity contribution in [1.29, 1.82) is 0 Å². The van der Waals surface area contributed by atoms with Crippen LogP contribution >= 0.6 is 0 Å². The lowest BCUT2D eigenvalue weighted by Crippen LogP contribution is -2.29. The normalized spacial score (nSPS) is 25.4. The molecule has 0 aliphatic carbocycles. The van der Waals surface area contributed by atoms with Gasteiger partial charge in [-0.15, -0.1) is 0 Å². The molecule has 14 heavy (non-hydrogen) atoms. The van der Waals surface area contributed by atoms with Crippen LogP contribution in [0.4, 0.5) is 0 Å². The van der Waals surface area contributed by atoms with Crippen LogP contribution in [-0.4, -0.2) is 15.6 Å². The number of hydrogen-bond donors (Lipinski definition) is 0. The number of cyclic esters (lactones) is 1. The molecular weight excluding hydrogens is 200 g/mol. The lowest BCUT2D eigenvalue weighted by Gasteiger charge is -2.22. The summed E-state index contributed by atoms with van der Waals surface area (Å²) in [5, 5.41) is 0. The van der Waals surface area contributed by atoms with Crippen molar-refractivity contribution in [2.45, 2.75) is 23.7 Å². The third kappa shape index (κ3) is 1.35. The van der Waals surface area contributed by atoms with E-state index in [0.717, 1.165) is 0 Å². The maximum Gasteiger partial charge on any atom is 0.340 e. The average molecular weight is 210 g/mol. The summed E-state index contributed by atoms with van der Waals surface area (Å²) in [5.74, 6) is -0.368. The minimum atomic E-state index is -1.22. The van der Waals surface area contributed by atoms with Crippen LogP contribution in [-0.2, 0) is 15.5 Å². The second-order valence-electron chi connectivity index (χ2n) is 3.04.